The SMILES string of the molecule is CCn1c(C)nc2cc(C(=O)N=Nc3c(O)n(C(C)C)c4ccccc34)ccc21. The Hall–Kier alpha value is -3.48. The Morgan fingerprint density at radius 1 is 1.17 bits per heavy atom. The van der Waals surface area contributed by atoms with Gasteiger partial charge >= 0.3 is 0 Å². The van der Waals surface area contributed by atoms with Crippen molar-refractivity contribution in [3.63, 3.8) is 0 Å². The topological polar surface area (TPSA) is 84.8 Å². The smallest absolute Gasteiger partial charge is 0.295 e. The van der Waals surface area contributed by atoms with E-state index in [1.165, 1.54) is 0 Å². The van der Waals surface area contributed by atoms with Crippen molar-refractivity contribution in [1.29, 1.82) is 0 Å². The number of nitrogens with zero attached hydrogens (tertiary/aromatic N) is 5. The van der Waals surface area contributed by atoms with Crippen LogP contribution in [0.4, 0.5) is 5.69 Å². The minimum absolute atomic E-state index is 0.00511. The molecule has 0 saturated heterocycles. The van der Waals surface area contributed by atoms with Gasteiger partial charge in [-0.3, -0.25) is 4.79 Å². The van der Waals surface area contributed by atoms with E-state index in [2.05, 4.69) is 26.7 Å². The maximum absolute atomic E-state index is 12.6. The number of amides is 1. The summed E-state index contributed by atoms with van der Waals surface area (Å²) < 4.78 is 3.87. The van der Waals surface area contributed by atoms with Gasteiger partial charge in [0.1, 0.15) is 5.82 Å². The van der Waals surface area contributed by atoms with Crippen LogP contribution in [0.25, 0.3) is 21.9 Å². The molecule has 7 heteroatoms. The summed E-state index contributed by atoms with van der Waals surface area (Å²) in [5.74, 6) is 0.432. The Labute approximate surface area is 168 Å². The van der Waals surface area contributed by atoms with Gasteiger partial charge in [0.25, 0.3) is 5.91 Å². The molecule has 0 saturated carbocycles. The molecule has 29 heavy (non-hydrogen) atoms. The Bertz CT molecular complexity index is 1260. The van der Waals surface area contributed by atoms with E-state index in [4.69, 9.17) is 0 Å². The zero-order chi connectivity index (χ0) is 20.7. The zero-order valence-electron chi connectivity index (χ0n) is 16.9. The summed E-state index contributed by atoms with van der Waals surface area (Å²) in [4.78, 5) is 17.1. The van der Waals surface area contributed by atoms with Crippen LogP contribution in [-0.4, -0.2) is 25.1 Å². The molecule has 4 aromatic rings. The summed E-state index contributed by atoms with van der Waals surface area (Å²) in [6.45, 7) is 8.77. The number of carbonyl (C=O) groups is 1. The van der Waals surface area contributed by atoms with Gasteiger partial charge in [0, 0.05) is 23.5 Å². The van der Waals surface area contributed by atoms with Crippen molar-refractivity contribution in [1.82, 2.24) is 14.1 Å². The maximum Gasteiger partial charge on any atom is 0.295 e. The highest BCUT2D eigenvalue weighted by Crippen LogP contribution is 2.40. The summed E-state index contributed by atoms with van der Waals surface area (Å²) in [5.41, 5.74) is 3.30. The Morgan fingerprint density at radius 3 is 2.66 bits per heavy atom. The van der Waals surface area contributed by atoms with Crippen LogP contribution in [0.1, 0.15) is 43.0 Å². The number of benzene rings is 2. The number of hydrogen-bond donors (Lipinski definition) is 1. The summed E-state index contributed by atoms with van der Waals surface area (Å²) >= 11 is 0. The number of aryl methyl sites for hydroxylation is 2. The van der Waals surface area contributed by atoms with Crippen LogP contribution in [0.3, 0.4) is 0 Å². The predicted octanol–water partition coefficient (Wildman–Crippen LogP) is 5.53. The highest BCUT2D eigenvalue weighted by atomic mass is 16.3. The fourth-order valence-electron chi connectivity index (χ4n) is 3.79. The van der Waals surface area contributed by atoms with E-state index in [0.29, 0.717) is 11.3 Å². The highest BCUT2D eigenvalue weighted by molar-refractivity contribution is 5.99. The standard InChI is InChI=1S/C22H23N5O2/c1-5-26-14(4)23-17-12-15(10-11-19(17)26)21(28)25-24-20-16-8-6-7-9-18(16)27(13(2)3)22(20)29/h6-13,29H,5H2,1-4H3. The number of fused-ring (bicyclic) bond motifs is 2. The molecule has 0 bridgehead atoms. The molecule has 4 rings (SSSR count). The van der Waals surface area contributed by atoms with E-state index in [-0.39, 0.29) is 11.9 Å². The third kappa shape index (κ3) is 3.08. The Kier molecular flexibility index (Phi) is 4.66. The van der Waals surface area contributed by atoms with Gasteiger partial charge in [-0.05, 0) is 52.0 Å². The second-order valence-electron chi connectivity index (χ2n) is 7.27. The zero-order valence-corrected chi connectivity index (χ0v) is 16.9. The van der Waals surface area contributed by atoms with Gasteiger partial charge in [0.15, 0.2) is 5.69 Å². The van der Waals surface area contributed by atoms with Crippen LogP contribution in [0.5, 0.6) is 5.88 Å². The van der Waals surface area contributed by atoms with Crippen molar-refractivity contribution in [3.8, 4) is 5.88 Å². The highest BCUT2D eigenvalue weighted by Gasteiger charge is 2.18. The first kappa shape index (κ1) is 18.9. The van der Waals surface area contributed by atoms with Crippen LogP contribution in [0.2, 0.25) is 0 Å². The van der Waals surface area contributed by atoms with Gasteiger partial charge in [-0.15, -0.1) is 10.2 Å². The number of aromatic hydroxyl groups is 1. The number of hydrogen-bond acceptors (Lipinski definition) is 4. The van der Waals surface area contributed by atoms with Crippen molar-refractivity contribution in [2.75, 3.05) is 0 Å². The summed E-state index contributed by atoms with van der Waals surface area (Å²) in [7, 11) is 0. The molecule has 0 aliphatic carbocycles. The largest absolute Gasteiger partial charge is 0.493 e. The molecule has 0 aliphatic heterocycles. The average molecular weight is 389 g/mol. The first-order valence-electron chi connectivity index (χ1n) is 9.67. The lowest BCUT2D eigenvalue weighted by molar-refractivity contribution is 0.0995. The fraction of sp³-hybridized carbons (Fsp3) is 0.273. The van der Waals surface area contributed by atoms with Gasteiger partial charge in [-0.1, -0.05) is 18.2 Å². The van der Waals surface area contributed by atoms with E-state index in [1.807, 2.05) is 51.1 Å². The molecule has 0 radical (unpaired) electrons. The molecule has 0 spiro atoms. The van der Waals surface area contributed by atoms with Crippen molar-refractivity contribution < 1.29 is 9.90 Å². The number of para-hydroxylation sites is 1. The van der Waals surface area contributed by atoms with Gasteiger partial charge in [0.2, 0.25) is 5.88 Å². The average Bonchev–Trinajstić information content (AvgIpc) is 3.17. The van der Waals surface area contributed by atoms with Crippen LogP contribution >= 0.6 is 0 Å². The summed E-state index contributed by atoms with van der Waals surface area (Å²) in [6, 6.07) is 12.9. The van der Waals surface area contributed by atoms with E-state index in [9.17, 15) is 9.90 Å². The lowest BCUT2D eigenvalue weighted by Gasteiger charge is -2.10. The second-order valence-corrected chi connectivity index (χ2v) is 7.27. The molecular weight excluding hydrogens is 366 g/mol. The molecule has 0 fully saturated rings. The number of carbonyl (C=O) groups excluding carboxylic acids is 1. The van der Waals surface area contributed by atoms with Crippen molar-refractivity contribution in [2.45, 2.75) is 40.3 Å². The normalized spacial score (nSPS) is 12.0. The molecule has 0 atom stereocenters. The molecule has 2 aromatic heterocycles. The molecule has 0 unspecified atom stereocenters. The minimum atomic E-state index is -0.476. The maximum atomic E-state index is 12.6. The Morgan fingerprint density at radius 2 is 1.93 bits per heavy atom. The van der Waals surface area contributed by atoms with Crippen molar-refractivity contribution in [3.05, 3.63) is 53.9 Å². The van der Waals surface area contributed by atoms with Crippen LogP contribution in [0.15, 0.2) is 52.7 Å². The number of aromatic nitrogens is 3. The van der Waals surface area contributed by atoms with Crippen molar-refractivity contribution in [2.24, 2.45) is 10.2 Å². The number of azo groups is 1. The lowest BCUT2D eigenvalue weighted by Crippen LogP contribution is -1.98. The number of imidazole rings is 1. The molecule has 148 valence electrons. The molecule has 7 nitrogen and oxygen atoms in total. The molecule has 0 aliphatic rings. The van der Waals surface area contributed by atoms with E-state index in [0.717, 1.165) is 34.3 Å². The third-order valence-corrected chi connectivity index (χ3v) is 5.12. The van der Waals surface area contributed by atoms with Crippen molar-refractivity contribution >= 4 is 33.5 Å². The predicted molar refractivity (Wildman–Crippen MR) is 113 cm³/mol. The van der Waals surface area contributed by atoms with Gasteiger partial charge in [0.05, 0.1) is 16.6 Å². The summed E-state index contributed by atoms with van der Waals surface area (Å²) in [5, 5.41) is 19.4. The lowest BCUT2D eigenvalue weighted by atomic mass is 10.2. The fourth-order valence-corrected chi connectivity index (χ4v) is 3.79. The van der Waals surface area contributed by atoms with Gasteiger partial charge in [-0.2, -0.15) is 0 Å². The quantitative estimate of drug-likeness (QED) is 0.466. The van der Waals surface area contributed by atoms with E-state index >= 15 is 0 Å². The van der Waals surface area contributed by atoms with Crippen LogP contribution in [0, 0.1) is 6.92 Å². The molecule has 2 heterocycles. The molecule has 1 N–H and O–H groups in total. The van der Waals surface area contributed by atoms with Gasteiger partial charge in [-0.25, -0.2) is 4.98 Å². The third-order valence-electron chi connectivity index (χ3n) is 5.12. The van der Waals surface area contributed by atoms with Crippen LogP contribution in [-0.2, 0) is 6.54 Å². The number of rotatable bonds is 4. The summed E-state index contributed by atoms with van der Waals surface area (Å²) in [6.07, 6.45) is 0. The first-order valence-corrected chi connectivity index (χ1v) is 9.67. The van der Waals surface area contributed by atoms with Crippen LogP contribution < -0.4 is 0 Å². The first-order chi connectivity index (χ1) is 13.9. The Balaban J connectivity index is 1.72. The van der Waals surface area contributed by atoms with E-state index < -0.39 is 5.91 Å². The molecule has 1 amide bonds. The second kappa shape index (κ2) is 7.16. The minimum Gasteiger partial charge on any atom is -0.493 e. The van der Waals surface area contributed by atoms with E-state index in [1.54, 1.807) is 16.7 Å². The van der Waals surface area contributed by atoms with Gasteiger partial charge < -0.3 is 14.2 Å². The molecule has 2 aromatic carbocycles. The molecular formula is C22H23N5O2. The monoisotopic (exact) mass is 389 g/mol.